The topological polar surface area (TPSA) is 71.8 Å². The summed E-state index contributed by atoms with van der Waals surface area (Å²) < 4.78 is 2.24. The Morgan fingerprint density at radius 1 is 1.26 bits per heavy atom. The Kier molecular flexibility index (Phi) is 6.85. The van der Waals surface area contributed by atoms with Crippen molar-refractivity contribution in [2.24, 2.45) is 5.92 Å². The molecule has 1 atom stereocenters. The number of carbonyl (C=O) groups is 1. The predicted molar refractivity (Wildman–Crippen MR) is 109 cm³/mol. The molecule has 1 saturated heterocycles. The van der Waals surface area contributed by atoms with Crippen LogP contribution in [0.2, 0.25) is 0 Å². The summed E-state index contributed by atoms with van der Waals surface area (Å²) in [5.41, 5.74) is 1.85. The van der Waals surface area contributed by atoms with E-state index >= 15 is 0 Å². The molecule has 4 rings (SSSR count). The Morgan fingerprint density at radius 2 is 2.19 bits per heavy atom. The van der Waals surface area contributed by atoms with Crippen LogP contribution in [0, 0.1) is 5.92 Å². The molecule has 0 radical (unpaired) electrons. The van der Waals surface area contributed by atoms with Crippen molar-refractivity contribution in [1.82, 2.24) is 20.1 Å². The fraction of sp³-hybridized carbons (Fsp3) is 0.550. The zero-order valence-electron chi connectivity index (χ0n) is 15.6. The van der Waals surface area contributed by atoms with E-state index < -0.39 is 0 Å². The van der Waals surface area contributed by atoms with Gasteiger partial charge in [0, 0.05) is 30.6 Å². The molecule has 7 heteroatoms. The largest absolute Gasteiger partial charge is 0.326 e. The SMILES string of the molecule is Cl.O=C(CCC1CCNC1)Nc1cccc(-c2nnc3n2CCCCC3)c1. The second-order valence-electron chi connectivity index (χ2n) is 7.43. The standard InChI is InChI=1S/C20H27N5O.ClH/c26-19(9-8-15-10-11-21-14-15)22-17-6-4-5-16(13-17)20-24-23-18-7-2-1-3-12-25(18)20;/h4-6,13,15,21H,1-3,7-12,14H2,(H,22,26);1H. The van der Waals surface area contributed by atoms with Crippen molar-refractivity contribution >= 4 is 24.0 Å². The van der Waals surface area contributed by atoms with Gasteiger partial charge in [0.1, 0.15) is 5.82 Å². The number of benzene rings is 1. The van der Waals surface area contributed by atoms with Crippen LogP contribution in [0.3, 0.4) is 0 Å². The van der Waals surface area contributed by atoms with Crippen molar-refractivity contribution in [3.05, 3.63) is 30.1 Å². The van der Waals surface area contributed by atoms with E-state index in [9.17, 15) is 4.79 Å². The number of halogens is 1. The predicted octanol–water partition coefficient (Wildman–Crippen LogP) is 3.42. The molecule has 0 bridgehead atoms. The third kappa shape index (κ3) is 4.87. The molecule has 0 aliphatic carbocycles. The van der Waals surface area contributed by atoms with E-state index in [0.29, 0.717) is 12.3 Å². The number of anilines is 1. The van der Waals surface area contributed by atoms with Gasteiger partial charge in [-0.3, -0.25) is 4.79 Å². The highest BCUT2D eigenvalue weighted by Gasteiger charge is 2.17. The first kappa shape index (κ1) is 19.8. The third-order valence-corrected chi connectivity index (χ3v) is 5.46. The molecular formula is C20H28ClN5O. The number of hydrogen-bond donors (Lipinski definition) is 2. The van der Waals surface area contributed by atoms with Crippen molar-refractivity contribution in [2.45, 2.75) is 51.5 Å². The van der Waals surface area contributed by atoms with Crippen LogP contribution in [0.15, 0.2) is 24.3 Å². The van der Waals surface area contributed by atoms with Crippen molar-refractivity contribution in [3.63, 3.8) is 0 Å². The molecule has 1 unspecified atom stereocenters. The van der Waals surface area contributed by atoms with Gasteiger partial charge >= 0.3 is 0 Å². The zero-order valence-corrected chi connectivity index (χ0v) is 16.4. The smallest absolute Gasteiger partial charge is 0.224 e. The first-order valence-electron chi connectivity index (χ1n) is 9.83. The van der Waals surface area contributed by atoms with Crippen LogP contribution in [0.4, 0.5) is 5.69 Å². The second kappa shape index (κ2) is 9.33. The van der Waals surface area contributed by atoms with Crippen molar-refractivity contribution < 1.29 is 4.79 Å². The molecule has 2 aliphatic rings. The van der Waals surface area contributed by atoms with Gasteiger partial charge in [0.25, 0.3) is 0 Å². The number of nitrogens with one attached hydrogen (secondary N) is 2. The highest BCUT2D eigenvalue weighted by Crippen LogP contribution is 2.25. The number of aryl methyl sites for hydroxylation is 1. The normalized spacial score (nSPS) is 19.0. The van der Waals surface area contributed by atoms with Crippen molar-refractivity contribution in [3.8, 4) is 11.4 Å². The lowest BCUT2D eigenvalue weighted by molar-refractivity contribution is -0.116. The van der Waals surface area contributed by atoms with Crippen LogP contribution in [0.1, 0.15) is 44.3 Å². The minimum Gasteiger partial charge on any atom is -0.326 e. The summed E-state index contributed by atoms with van der Waals surface area (Å²) >= 11 is 0. The van der Waals surface area contributed by atoms with Gasteiger partial charge in [0.2, 0.25) is 5.91 Å². The van der Waals surface area contributed by atoms with Gasteiger partial charge in [0.05, 0.1) is 0 Å². The maximum absolute atomic E-state index is 12.3. The summed E-state index contributed by atoms with van der Waals surface area (Å²) in [6.45, 7) is 3.10. The first-order valence-corrected chi connectivity index (χ1v) is 9.83. The molecule has 6 nitrogen and oxygen atoms in total. The Labute approximate surface area is 166 Å². The van der Waals surface area contributed by atoms with E-state index in [1.165, 1.54) is 25.7 Å². The molecule has 3 heterocycles. The fourth-order valence-electron chi connectivity index (χ4n) is 3.95. The monoisotopic (exact) mass is 389 g/mol. The molecule has 146 valence electrons. The maximum atomic E-state index is 12.3. The minimum absolute atomic E-state index is 0. The molecule has 1 fully saturated rings. The molecule has 2 aromatic rings. The van der Waals surface area contributed by atoms with Crippen LogP contribution in [0.5, 0.6) is 0 Å². The molecule has 27 heavy (non-hydrogen) atoms. The van der Waals surface area contributed by atoms with Gasteiger partial charge in [-0.1, -0.05) is 18.6 Å². The maximum Gasteiger partial charge on any atom is 0.224 e. The van der Waals surface area contributed by atoms with Crippen LogP contribution < -0.4 is 10.6 Å². The van der Waals surface area contributed by atoms with Gasteiger partial charge in [-0.25, -0.2) is 0 Å². The van der Waals surface area contributed by atoms with E-state index in [1.54, 1.807) is 0 Å². The quantitative estimate of drug-likeness (QED) is 0.821. The minimum atomic E-state index is 0. The average molecular weight is 390 g/mol. The molecule has 0 saturated carbocycles. The summed E-state index contributed by atoms with van der Waals surface area (Å²) in [4.78, 5) is 12.3. The van der Waals surface area contributed by atoms with Gasteiger partial charge in [-0.05, 0) is 56.8 Å². The third-order valence-electron chi connectivity index (χ3n) is 5.46. The highest BCUT2D eigenvalue weighted by atomic mass is 35.5. The zero-order chi connectivity index (χ0) is 17.8. The van der Waals surface area contributed by atoms with Gasteiger partial charge in [-0.2, -0.15) is 0 Å². The van der Waals surface area contributed by atoms with Crippen LogP contribution >= 0.6 is 12.4 Å². The molecule has 0 spiro atoms. The van der Waals surface area contributed by atoms with Crippen LogP contribution in [0.25, 0.3) is 11.4 Å². The number of carbonyl (C=O) groups excluding carboxylic acids is 1. The van der Waals surface area contributed by atoms with Crippen molar-refractivity contribution in [2.75, 3.05) is 18.4 Å². The number of aromatic nitrogens is 3. The average Bonchev–Trinajstić information content (AvgIpc) is 3.25. The Bertz CT molecular complexity index is 769. The van der Waals surface area contributed by atoms with E-state index in [-0.39, 0.29) is 18.3 Å². The molecule has 1 aromatic carbocycles. The van der Waals surface area contributed by atoms with E-state index in [2.05, 4.69) is 25.4 Å². The Morgan fingerprint density at radius 3 is 3.04 bits per heavy atom. The lowest BCUT2D eigenvalue weighted by Crippen LogP contribution is -2.15. The van der Waals surface area contributed by atoms with E-state index in [4.69, 9.17) is 0 Å². The van der Waals surface area contributed by atoms with Crippen molar-refractivity contribution in [1.29, 1.82) is 0 Å². The number of nitrogens with zero attached hydrogens (tertiary/aromatic N) is 3. The van der Waals surface area contributed by atoms with Crippen LogP contribution in [-0.2, 0) is 17.8 Å². The van der Waals surface area contributed by atoms with Crippen LogP contribution in [-0.4, -0.2) is 33.8 Å². The molecule has 1 amide bonds. The first-order chi connectivity index (χ1) is 12.8. The molecule has 1 aromatic heterocycles. The lowest BCUT2D eigenvalue weighted by atomic mass is 10.0. The number of hydrogen-bond acceptors (Lipinski definition) is 4. The van der Waals surface area contributed by atoms with E-state index in [1.807, 2.05) is 24.3 Å². The summed E-state index contributed by atoms with van der Waals surface area (Å²) in [6, 6.07) is 7.97. The fourth-order valence-corrected chi connectivity index (χ4v) is 3.95. The second-order valence-corrected chi connectivity index (χ2v) is 7.43. The number of amides is 1. The Balaban J connectivity index is 0.00000210. The number of fused-ring (bicyclic) bond motifs is 1. The van der Waals surface area contributed by atoms with Gasteiger partial charge in [-0.15, -0.1) is 22.6 Å². The lowest BCUT2D eigenvalue weighted by Gasteiger charge is -2.11. The number of rotatable bonds is 5. The summed E-state index contributed by atoms with van der Waals surface area (Å²) in [7, 11) is 0. The molecule has 2 N–H and O–H groups in total. The molecule has 2 aliphatic heterocycles. The Hall–Kier alpha value is -1.92. The van der Waals surface area contributed by atoms with E-state index in [0.717, 1.165) is 55.4 Å². The van der Waals surface area contributed by atoms with Gasteiger partial charge < -0.3 is 15.2 Å². The molecular weight excluding hydrogens is 362 g/mol. The summed E-state index contributed by atoms with van der Waals surface area (Å²) in [6.07, 6.45) is 7.32. The van der Waals surface area contributed by atoms with Gasteiger partial charge in [0.15, 0.2) is 5.82 Å². The summed E-state index contributed by atoms with van der Waals surface area (Å²) in [5.74, 6) is 2.72. The highest BCUT2D eigenvalue weighted by molar-refractivity contribution is 5.91. The summed E-state index contributed by atoms with van der Waals surface area (Å²) in [5, 5.41) is 15.2.